The molecule has 0 aliphatic heterocycles. The molecule has 0 aliphatic rings. The van der Waals surface area contributed by atoms with Crippen molar-refractivity contribution < 1.29 is 18.0 Å². The minimum Gasteiger partial charge on any atom is -0.357 e. The van der Waals surface area contributed by atoms with Gasteiger partial charge in [0.05, 0.1) is 10.6 Å². The monoisotopic (exact) mass is 535 g/mol. The van der Waals surface area contributed by atoms with Crippen molar-refractivity contribution in [3.63, 3.8) is 0 Å². The summed E-state index contributed by atoms with van der Waals surface area (Å²) in [5, 5.41) is 2.64. The van der Waals surface area contributed by atoms with Crippen LogP contribution in [0.4, 0.5) is 5.69 Å². The fourth-order valence-electron chi connectivity index (χ4n) is 4.44. The van der Waals surface area contributed by atoms with Gasteiger partial charge in [-0.25, -0.2) is 8.42 Å². The average Bonchev–Trinajstić information content (AvgIpc) is 2.87. The zero-order valence-corrected chi connectivity index (χ0v) is 23.8. The quantitative estimate of drug-likeness (QED) is 0.409. The third-order valence-electron chi connectivity index (χ3n) is 6.49. The summed E-state index contributed by atoms with van der Waals surface area (Å²) < 4.78 is 29.0. The fourth-order valence-corrected chi connectivity index (χ4v) is 5.83. The Bertz CT molecular complexity index is 1360. The highest BCUT2D eigenvalue weighted by Crippen LogP contribution is 2.27. The molecular weight excluding hydrogens is 498 g/mol. The SMILES string of the molecule is CCC(C(=O)NC)N(Cc1ccc(C)cc1)C(=O)CN(c1cc(C)cc(C)c1)S(=O)(=O)c1ccc(C)cc1. The van der Waals surface area contributed by atoms with E-state index in [0.717, 1.165) is 32.1 Å². The van der Waals surface area contributed by atoms with Crippen LogP contribution in [0.15, 0.2) is 71.6 Å². The summed E-state index contributed by atoms with van der Waals surface area (Å²) in [5.41, 5.74) is 5.02. The highest BCUT2D eigenvalue weighted by Gasteiger charge is 2.33. The van der Waals surface area contributed by atoms with E-state index in [9.17, 15) is 18.0 Å². The molecule has 0 aliphatic carbocycles. The number of hydrogen-bond donors (Lipinski definition) is 1. The Morgan fingerprint density at radius 1 is 0.816 bits per heavy atom. The second-order valence-corrected chi connectivity index (χ2v) is 11.6. The van der Waals surface area contributed by atoms with Crippen LogP contribution >= 0.6 is 0 Å². The minimum atomic E-state index is -4.08. The normalized spacial score (nSPS) is 12.1. The molecule has 38 heavy (non-hydrogen) atoms. The Hall–Kier alpha value is -3.65. The number of sulfonamides is 1. The molecule has 0 saturated carbocycles. The van der Waals surface area contributed by atoms with E-state index >= 15 is 0 Å². The lowest BCUT2D eigenvalue weighted by Gasteiger charge is -2.33. The largest absolute Gasteiger partial charge is 0.357 e. The first kappa shape index (κ1) is 28.9. The minimum absolute atomic E-state index is 0.0958. The highest BCUT2D eigenvalue weighted by molar-refractivity contribution is 7.92. The second kappa shape index (κ2) is 12.3. The average molecular weight is 536 g/mol. The Balaban J connectivity index is 2.09. The van der Waals surface area contributed by atoms with Crippen LogP contribution in [0.1, 0.15) is 41.2 Å². The molecule has 0 radical (unpaired) electrons. The smallest absolute Gasteiger partial charge is 0.264 e. The van der Waals surface area contributed by atoms with Gasteiger partial charge < -0.3 is 10.2 Å². The Morgan fingerprint density at radius 2 is 1.34 bits per heavy atom. The maximum absolute atomic E-state index is 14.0. The maximum Gasteiger partial charge on any atom is 0.264 e. The molecular formula is C30H37N3O4S. The van der Waals surface area contributed by atoms with E-state index < -0.39 is 28.5 Å². The van der Waals surface area contributed by atoms with Gasteiger partial charge in [0.15, 0.2) is 0 Å². The van der Waals surface area contributed by atoms with Crippen molar-refractivity contribution in [2.45, 2.75) is 58.5 Å². The van der Waals surface area contributed by atoms with E-state index in [1.807, 2.05) is 65.0 Å². The summed E-state index contributed by atoms with van der Waals surface area (Å²) in [6.45, 7) is 9.20. The summed E-state index contributed by atoms with van der Waals surface area (Å²) in [6.07, 6.45) is 0.380. The first-order valence-electron chi connectivity index (χ1n) is 12.7. The van der Waals surface area contributed by atoms with Gasteiger partial charge >= 0.3 is 0 Å². The summed E-state index contributed by atoms with van der Waals surface area (Å²) in [4.78, 5) is 28.3. The molecule has 0 saturated heterocycles. The number of rotatable bonds is 10. The van der Waals surface area contributed by atoms with Crippen molar-refractivity contribution in [2.24, 2.45) is 0 Å². The standard InChI is InChI=1S/C30H37N3O4S/c1-7-28(30(35)31-6)32(19-25-12-8-21(2)9-13-25)29(34)20-33(26-17-23(4)16-24(5)18-26)38(36,37)27-14-10-22(3)11-15-27/h8-18,28H,7,19-20H2,1-6H3,(H,31,35). The van der Waals surface area contributed by atoms with Crippen LogP contribution in [0, 0.1) is 27.7 Å². The Kier molecular flexibility index (Phi) is 9.33. The zero-order valence-electron chi connectivity index (χ0n) is 23.0. The fraction of sp³-hybridized carbons (Fsp3) is 0.333. The van der Waals surface area contributed by atoms with Crippen LogP contribution in [0.5, 0.6) is 0 Å². The number of benzene rings is 3. The zero-order chi connectivity index (χ0) is 28.0. The van der Waals surface area contributed by atoms with E-state index in [1.165, 1.54) is 11.9 Å². The van der Waals surface area contributed by atoms with Crippen molar-refractivity contribution >= 4 is 27.5 Å². The van der Waals surface area contributed by atoms with Gasteiger partial charge in [0.25, 0.3) is 10.0 Å². The van der Waals surface area contributed by atoms with Gasteiger partial charge in [0.2, 0.25) is 11.8 Å². The third-order valence-corrected chi connectivity index (χ3v) is 8.28. The number of likely N-dealkylation sites (N-methyl/N-ethyl adjacent to an activating group) is 1. The van der Waals surface area contributed by atoms with E-state index in [4.69, 9.17) is 0 Å². The van der Waals surface area contributed by atoms with Gasteiger partial charge in [-0.3, -0.25) is 13.9 Å². The van der Waals surface area contributed by atoms with Crippen LogP contribution in [0.3, 0.4) is 0 Å². The summed E-state index contributed by atoms with van der Waals surface area (Å²) in [6, 6.07) is 19.0. The van der Waals surface area contributed by atoms with Crippen molar-refractivity contribution in [1.29, 1.82) is 0 Å². The van der Waals surface area contributed by atoms with E-state index in [2.05, 4.69) is 5.32 Å². The first-order chi connectivity index (χ1) is 18.0. The first-order valence-corrected chi connectivity index (χ1v) is 14.1. The second-order valence-electron chi connectivity index (χ2n) is 9.72. The van der Waals surface area contributed by atoms with Crippen molar-refractivity contribution in [2.75, 3.05) is 17.9 Å². The molecule has 3 aromatic carbocycles. The van der Waals surface area contributed by atoms with Gasteiger partial charge in [-0.05, 0) is 75.1 Å². The summed E-state index contributed by atoms with van der Waals surface area (Å²) in [5.74, 6) is -0.761. The number of aryl methyl sites for hydroxylation is 4. The van der Waals surface area contributed by atoms with Gasteiger partial charge in [-0.1, -0.05) is 60.5 Å². The van der Waals surface area contributed by atoms with Crippen LogP contribution in [0.2, 0.25) is 0 Å². The molecule has 7 nitrogen and oxygen atoms in total. The molecule has 8 heteroatoms. The summed E-state index contributed by atoms with van der Waals surface area (Å²) >= 11 is 0. The lowest BCUT2D eigenvalue weighted by atomic mass is 10.1. The predicted octanol–water partition coefficient (Wildman–Crippen LogP) is 4.67. The molecule has 3 aromatic rings. The van der Waals surface area contributed by atoms with Crippen LogP contribution in [0.25, 0.3) is 0 Å². The molecule has 0 spiro atoms. The van der Waals surface area contributed by atoms with Crippen molar-refractivity contribution in [1.82, 2.24) is 10.2 Å². The topological polar surface area (TPSA) is 86.8 Å². The maximum atomic E-state index is 14.0. The van der Waals surface area contributed by atoms with Crippen LogP contribution in [-0.2, 0) is 26.2 Å². The van der Waals surface area contributed by atoms with Gasteiger partial charge in [-0.2, -0.15) is 0 Å². The lowest BCUT2D eigenvalue weighted by molar-refractivity contribution is -0.140. The van der Waals surface area contributed by atoms with E-state index in [-0.39, 0.29) is 17.3 Å². The Morgan fingerprint density at radius 3 is 1.84 bits per heavy atom. The molecule has 1 N–H and O–H groups in total. The summed E-state index contributed by atoms with van der Waals surface area (Å²) in [7, 11) is -2.55. The molecule has 1 unspecified atom stereocenters. The van der Waals surface area contributed by atoms with Crippen molar-refractivity contribution in [3.8, 4) is 0 Å². The molecule has 0 heterocycles. The van der Waals surface area contributed by atoms with Crippen LogP contribution < -0.4 is 9.62 Å². The van der Waals surface area contributed by atoms with Gasteiger partial charge in [-0.15, -0.1) is 0 Å². The van der Waals surface area contributed by atoms with Gasteiger partial charge in [0.1, 0.15) is 12.6 Å². The number of anilines is 1. The number of amides is 2. The molecule has 1 atom stereocenters. The number of carbonyl (C=O) groups excluding carboxylic acids is 2. The lowest BCUT2D eigenvalue weighted by Crippen LogP contribution is -2.51. The van der Waals surface area contributed by atoms with Crippen molar-refractivity contribution in [3.05, 3.63) is 94.5 Å². The molecule has 0 fully saturated rings. The molecule has 3 rings (SSSR count). The Labute approximate surface area is 226 Å². The number of hydrogen-bond acceptors (Lipinski definition) is 4. The predicted molar refractivity (Wildman–Crippen MR) is 152 cm³/mol. The van der Waals surface area contributed by atoms with Crippen LogP contribution in [-0.4, -0.2) is 44.8 Å². The molecule has 2 amide bonds. The highest BCUT2D eigenvalue weighted by atomic mass is 32.2. The third kappa shape index (κ3) is 6.81. The van der Waals surface area contributed by atoms with Gasteiger partial charge in [0, 0.05) is 13.6 Å². The number of nitrogens with zero attached hydrogens (tertiary/aromatic N) is 2. The number of nitrogens with one attached hydrogen (secondary N) is 1. The van der Waals surface area contributed by atoms with E-state index in [1.54, 1.807) is 36.4 Å². The molecule has 0 bridgehead atoms. The number of carbonyl (C=O) groups is 2. The molecule has 202 valence electrons. The van der Waals surface area contributed by atoms with E-state index in [0.29, 0.717) is 12.1 Å². The molecule has 0 aromatic heterocycles.